The Kier molecular flexibility index (Phi) is 15.8. The molecule has 19 heteroatoms. The van der Waals surface area contributed by atoms with Gasteiger partial charge in [0.25, 0.3) is 0 Å². The second-order valence-electron chi connectivity index (χ2n) is 21.2. The lowest BCUT2D eigenvalue weighted by molar-refractivity contribution is -0.163. The first-order chi connectivity index (χ1) is 36.0. The lowest BCUT2D eigenvalue weighted by Crippen LogP contribution is -2.57. The second-order valence-corrected chi connectivity index (χ2v) is 23.0. The maximum atomic E-state index is 14.7. The summed E-state index contributed by atoms with van der Waals surface area (Å²) in [5.74, 6) is 1.15. The van der Waals surface area contributed by atoms with Crippen molar-refractivity contribution >= 4 is 56.7 Å². The molecule has 0 aliphatic carbocycles. The molecule has 11 rings (SSSR count). The Hall–Kier alpha value is -5.40. The standard InChI is InChI=1S/C56H65Cl2FN8O7S/c1-34-44-35(2)48(58)49(47(34)57)72-41(30-65-22-20-64(7)21-23-65)32-70-40-12-13-42(71-31-39-14-17-60-54(63-39)66-18-15-56(6,16-19-66)67-24-26-69-27-25-67)37(28-40)29-43(53(68)74-55(3,4)5)73-51-46-45(44)50(75-52(46)62-33-61-51)36-8-10-38(59)11-9-36/h8-14,17,28,33,41,43H,15-16,18-27,29-32H2,1-7H3/t41-,43-/m1/s1. The van der Waals surface area contributed by atoms with Crippen LogP contribution in [0.5, 0.6) is 23.1 Å². The summed E-state index contributed by atoms with van der Waals surface area (Å²) in [6.07, 6.45) is 3.40. The van der Waals surface area contributed by atoms with Crippen molar-refractivity contribution in [3.63, 3.8) is 0 Å². The van der Waals surface area contributed by atoms with E-state index in [2.05, 4.69) is 33.6 Å². The van der Waals surface area contributed by atoms with Crippen LogP contribution in [0.2, 0.25) is 10.0 Å². The smallest absolute Gasteiger partial charge is 0.348 e. The number of piperidine rings is 1. The summed E-state index contributed by atoms with van der Waals surface area (Å²) in [5, 5.41) is 1.17. The molecule has 0 unspecified atom stereocenters. The Balaban J connectivity index is 1.05. The first-order valence-corrected chi connectivity index (χ1v) is 27.3. The Morgan fingerprint density at radius 3 is 2.32 bits per heavy atom. The third-order valence-electron chi connectivity index (χ3n) is 14.7. The summed E-state index contributed by atoms with van der Waals surface area (Å²) in [7, 11) is 2.12. The van der Waals surface area contributed by atoms with E-state index in [0.717, 1.165) is 88.9 Å². The lowest BCUT2D eigenvalue weighted by Gasteiger charge is -2.48. The molecule has 5 aliphatic heterocycles. The molecule has 2 atom stereocenters. The van der Waals surface area contributed by atoms with Crippen LogP contribution >= 0.6 is 34.5 Å². The van der Waals surface area contributed by atoms with Crippen molar-refractivity contribution < 1.29 is 37.6 Å². The average Bonchev–Trinajstić information content (AvgIpc) is 3.82. The van der Waals surface area contributed by atoms with Gasteiger partial charge in [-0.2, -0.15) is 0 Å². The predicted molar refractivity (Wildman–Crippen MR) is 291 cm³/mol. The number of hydrogen-bond acceptors (Lipinski definition) is 16. The van der Waals surface area contributed by atoms with E-state index in [0.29, 0.717) is 83.5 Å². The number of piperazine rings is 1. The molecule has 75 heavy (non-hydrogen) atoms. The molecule has 15 nitrogen and oxygen atoms in total. The quantitative estimate of drug-likeness (QED) is 0.127. The van der Waals surface area contributed by atoms with Crippen LogP contribution in [0.25, 0.3) is 31.8 Å². The number of thiophene rings is 1. The number of nitrogens with zero attached hydrogens (tertiary/aromatic N) is 8. The third kappa shape index (κ3) is 11.8. The monoisotopic (exact) mass is 1080 g/mol. The summed E-state index contributed by atoms with van der Waals surface area (Å²) >= 11 is 16.2. The summed E-state index contributed by atoms with van der Waals surface area (Å²) in [6.45, 7) is 21.1. The minimum absolute atomic E-state index is 0.00676. The maximum Gasteiger partial charge on any atom is 0.348 e. The Labute approximate surface area is 452 Å². The summed E-state index contributed by atoms with van der Waals surface area (Å²) in [5.41, 5.74) is 4.01. The fourth-order valence-electron chi connectivity index (χ4n) is 10.5. The number of aromatic nitrogens is 4. The Bertz CT molecular complexity index is 3000. The minimum atomic E-state index is -1.25. The van der Waals surface area contributed by atoms with Gasteiger partial charge in [-0.25, -0.2) is 29.1 Å². The van der Waals surface area contributed by atoms with E-state index < -0.39 is 23.8 Å². The Morgan fingerprint density at radius 1 is 0.893 bits per heavy atom. The molecule has 0 spiro atoms. The van der Waals surface area contributed by atoms with Crippen molar-refractivity contribution in [1.29, 1.82) is 0 Å². The first kappa shape index (κ1) is 53.0. The predicted octanol–water partition coefficient (Wildman–Crippen LogP) is 9.87. The molecule has 0 amide bonds. The van der Waals surface area contributed by atoms with Crippen molar-refractivity contribution in [3.05, 3.63) is 99.3 Å². The van der Waals surface area contributed by atoms with Crippen molar-refractivity contribution in [2.24, 2.45) is 0 Å². The minimum Gasteiger partial charge on any atom is -0.490 e. The van der Waals surface area contributed by atoms with Crippen LogP contribution < -0.4 is 23.8 Å². The number of esters is 1. The van der Waals surface area contributed by atoms with Crippen molar-refractivity contribution in [1.82, 2.24) is 34.6 Å². The van der Waals surface area contributed by atoms with E-state index in [1.807, 2.05) is 58.9 Å². The number of likely N-dealkylation sites (N-methyl/N-ethyl adjacent to an activating group) is 1. The van der Waals surface area contributed by atoms with Gasteiger partial charge in [-0.3, -0.25) is 9.80 Å². The van der Waals surface area contributed by atoms with Crippen LogP contribution in [0.15, 0.2) is 61.1 Å². The number of carbonyl (C=O) groups is 1. The van der Waals surface area contributed by atoms with Crippen LogP contribution in [0, 0.1) is 19.7 Å². The zero-order valence-corrected chi connectivity index (χ0v) is 46.0. The second kappa shape index (κ2) is 22.3. The van der Waals surface area contributed by atoms with Crippen molar-refractivity contribution in [2.45, 2.75) is 90.8 Å². The molecule has 0 saturated carbocycles. The zero-order chi connectivity index (χ0) is 52.6. The summed E-state index contributed by atoms with van der Waals surface area (Å²) in [6, 6.07) is 13.7. The molecule has 3 aromatic heterocycles. The van der Waals surface area contributed by atoms with Gasteiger partial charge in [-0.05, 0) is 120 Å². The van der Waals surface area contributed by atoms with Gasteiger partial charge in [0.05, 0.1) is 34.3 Å². The van der Waals surface area contributed by atoms with E-state index in [9.17, 15) is 9.18 Å². The SMILES string of the molecule is Cc1c(Cl)c2c(Cl)c(C)c1-c1c(-c3ccc(F)cc3)sc3ncnc(c13)O[C@@H](C(=O)OC(C)(C)C)Cc1cc(ccc1OCc1ccnc(N3CCC(C)(N4CCOCC4)CC3)n1)OC[C@@H](CN1CCN(C)CC1)O2. The molecule has 3 saturated heterocycles. The topological polar surface area (TPSA) is 137 Å². The summed E-state index contributed by atoms with van der Waals surface area (Å²) < 4.78 is 53.5. The van der Waals surface area contributed by atoms with Crippen LogP contribution in [0.3, 0.4) is 0 Å². The van der Waals surface area contributed by atoms with Crippen LogP contribution in [-0.2, 0) is 27.3 Å². The highest BCUT2D eigenvalue weighted by Crippen LogP contribution is 2.53. The van der Waals surface area contributed by atoms with E-state index in [1.54, 1.807) is 18.3 Å². The third-order valence-corrected chi connectivity index (χ3v) is 16.8. The number of hydrogen-bond donors (Lipinski definition) is 0. The molecule has 6 aromatic rings. The highest BCUT2D eigenvalue weighted by atomic mass is 35.5. The normalized spacial score (nSPS) is 20.0. The highest BCUT2D eigenvalue weighted by molar-refractivity contribution is 7.22. The Morgan fingerprint density at radius 2 is 1.61 bits per heavy atom. The first-order valence-electron chi connectivity index (χ1n) is 25.8. The number of halogens is 3. The number of fused-ring (bicyclic) bond motifs is 7. The van der Waals surface area contributed by atoms with E-state index >= 15 is 0 Å². The molecule has 398 valence electrons. The number of ether oxygens (including phenoxy) is 6. The maximum absolute atomic E-state index is 14.7. The number of rotatable bonds is 9. The van der Waals surface area contributed by atoms with E-state index in [1.165, 1.54) is 29.8 Å². The van der Waals surface area contributed by atoms with Gasteiger partial charge in [-0.1, -0.05) is 35.3 Å². The van der Waals surface area contributed by atoms with E-state index in [4.69, 9.17) is 71.6 Å². The number of benzene rings is 3. The van der Waals surface area contributed by atoms with Gasteiger partial charge in [0.2, 0.25) is 17.9 Å². The fraction of sp³-hybridized carbons (Fsp3) is 0.482. The van der Waals surface area contributed by atoms with Gasteiger partial charge >= 0.3 is 5.97 Å². The molecule has 0 N–H and O–H groups in total. The van der Waals surface area contributed by atoms with Gasteiger partial charge in [-0.15, -0.1) is 11.3 Å². The van der Waals surface area contributed by atoms with Gasteiger partial charge < -0.3 is 38.2 Å². The van der Waals surface area contributed by atoms with Crippen molar-refractivity contribution in [3.8, 4) is 44.7 Å². The molecular weight excluding hydrogens is 1020 g/mol. The zero-order valence-electron chi connectivity index (χ0n) is 43.7. The molecule has 4 bridgehead atoms. The number of carbonyl (C=O) groups excluding carboxylic acids is 1. The lowest BCUT2D eigenvalue weighted by atomic mass is 9.87. The highest BCUT2D eigenvalue weighted by Gasteiger charge is 2.38. The number of anilines is 1. The van der Waals surface area contributed by atoms with Crippen molar-refractivity contribution in [2.75, 3.05) is 90.7 Å². The molecular formula is C56H65Cl2FN8O7S. The molecule has 3 aromatic carbocycles. The number of morpholine rings is 1. The average molecular weight is 1080 g/mol. The van der Waals surface area contributed by atoms with Crippen LogP contribution in [0.1, 0.15) is 62.9 Å². The molecule has 3 fully saturated rings. The summed E-state index contributed by atoms with van der Waals surface area (Å²) in [4.78, 5) is 44.6. The molecule has 8 heterocycles. The van der Waals surface area contributed by atoms with Crippen LogP contribution in [-0.4, -0.2) is 150 Å². The molecule has 5 aliphatic rings. The molecule has 0 radical (unpaired) electrons. The van der Waals surface area contributed by atoms with Crippen LogP contribution in [0.4, 0.5) is 10.3 Å². The van der Waals surface area contributed by atoms with Gasteiger partial charge in [0.15, 0.2) is 5.75 Å². The fourth-order valence-corrected chi connectivity index (χ4v) is 12.1. The largest absolute Gasteiger partial charge is 0.490 e. The van der Waals surface area contributed by atoms with Gasteiger partial charge in [0.1, 0.15) is 53.4 Å². The van der Waals surface area contributed by atoms with Gasteiger partial charge in [0, 0.05) is 93.1 Å². The van der Waals surface area contributed by atoms with E-state index in [-0.39, 0.29) is 36.9 Å².